The second-order valence-electron chi connectivity index (χ2n) is 7.38. The van der Waals surface area contributed by atoms with Gasteiger partial charge in [-0.3, -0.25) is 35.1 Å². The summed E-state index contributed by atoms with van der Waals surface area (Å²) in [6.45, 7) is 0. The maximum absolute atomic E-state index is 13.3. The van der Waals surface area contributed by atoms with Gasteiger partial charge in [0.2, 0.25) is 5.75 Å². The number of rotatable bonds is 6. The normalized spacial score (nSPS) is 14.5. The summed E-state index contributed by atoms with van der Waals surface area (Å²) in [4.78, 5) is 59.3. The molecule has 0 aromatic heterocycles. The molecule has 1 saturated heterocycles. The zero-order chi connectivity index (χ0) is 26.9. The third kappa shape index (κ3) is 5.11. The predicted octanol–water partition coefficient (Wildman–Crippen LogP) is 4.75. The van der Waals surface area contributed by atoms with Crippen molar-refractivity contribution in [2.24, 2.45) is 0 Å². The quantitative estimate of drug-likeness (QED) is 0.208. The Kier molecular flexibility index (Phi) is 6.63. The summed E-state index contributed by atoms with van der Waals surface area (Å²) in [5.41, 5.74) is -1.75. The van der Waals surface area contributed by atoms with Gasteiger partial charge < -0.3 is 4.74 Å². The van der Waals surface area contributed by atoms with E-state index in [1.807, 2.05) is 5.32 Å². The lowest BCUT2D eigenvalue weighted by Crippen LogP contribution is -2.54. The maximum Gasteiger partial charge on any atom is 0.335 e. The molecule has 37 heavy (non-hydrogen) atoms. The van der Waals surface area contributed by atoms with E-state index >= 15 is 0 Å². The molecule has 1 heterocycles. The Hall–Kier alpha value is -5.17. The first-order chi connectivity index (χ1) is 17.5. The molecule has 0 spiro atoms. The van der Waals surface area contributed by atoms with Crippen LogP contribution in [-0.2, 0) is 9.59 Å². The molecule has 186 valence electrons. The first-order valence-corrected chi connectivity index (χ1v) is 10.5. The number of anilines is 1. The second kappa shape index (κ2) is 9.83. The third-order valence-corrected chi connectivity index (χ3v) is 5.26. The van der Waals surface area contributed by atoms with Crippen LogP contribution in [-0.4, -0.2) is 27.7 Å². The number of imide groups is 2. The van der Waals surface area contributed by atoms with E-state index in [0.29, 0.717) is 11.0 Å². The largest absolute Gasteiger partial charge is 0.449 e. The van der Waals surface area contributed by atoms with Crippen LogP contribution in [0.3, 0.4) is 0 Å². The van der Waals surface area contributed by atoms with Crippen molar-refractivity contribution in [2.75, 3.05) is 4.90 Å². The number of hydrogen-bond donors (Lipinski definition) is 1. The van der Waals surface area contributed by atoms with Crippen LogP contribution in [0.5, 0.6) is 11.5 Å². The number of carbonyl (C=O) groups is 3. The van der Waals surface area contributed by atoms with Crippen molar-refractivity contribution in [3.05, 3.63) is 103 Å². The standard InChI is InChI=1S/C23H12ClFN4O8/c24-13-1-7-19(37-20-8-6-16(28(33)34)11-18(20)29(35)36)12(9-13)10-17-21(30)26-23(32)27(22(17)31)15-4-2-14(25)3-5-15/h1-11H,(H,26,30,32)/b17-10+. The Morgan fingerprint density at radius 2 is 1.59 bits per heavy atom. The van der Waals surface area contributed by atoms with Crippen LogP contribution in [0, 0.1) is 26.0 Å². The van der Waals surface area contributed by atoms with Gasteiger partial charge in [0.25, 0.3) is 17.5 Å². The Morgan fingerprint density at radius 1 is 0.919 bits per heavy atom. The molecule has 1 fully saturated rings. The molecule has 0 atom stereocenters. The summed E-state index contributed by atoms with van der Waals surface area (Å²) in [6.07, 6.45) is 1.05. The van der Waals surface area contributed by atoms with Gasteiger partial charge in [-0.05, 0) is 54.6 Å². The molecule has 0 saturated carbocycles. The molecule has 1 aliphatic rings. The predicted molar refractivity (Wildman–Crippen MR) is 127 cm³/mol. The number of nitro benzene ring substituents is 2. The van der Waals surface area contributed by atoms with Gasteiger partial charge in [-0.15, -0.1) is 0 Å². The number of halogens is 2. The van der Waals surface area contributed by atoms with Crippen molar-refractivity contribution in [3.63, 3.8) is 0 Å². The highest BCUT2D eigenvalue weighted by Gasteiger charge is 2.37. The molecule has 14 heteroatoms. The molecule has 3 aromatic carbocycles. The number of urea groups is 1. The number of ether oxygens (including phenoxy) is 1. The topological polar surface area (TPSA) is 162 Å². The second-order valence-corrected chi connectivity index (χ2v) is 7.82. The molecule has 12 nitrogen and oxygen atoms in total. The van der Waals surface area contributed by atoms with Gasteiger partial charge in [-0.2, -0.15) is 0 Å². The summed E-state index contributed by atoms with van der Waals surface area (Å²) >= 11 is 6.06. The number of non-ortho nitro benzene ring substituents is 1. The lowest BCUT2D eigenvalue weighted by atomic mass is 10.1. The summed E-state index contributed by atoms with van der Waals surface area (Å²) in [5, 5.41) is 24.6. The van der Waals surface area contributed by atoms with E-state index in [4.69, 9.17) is 16.3 Å². The molecule has 4 rings (SSSR count). The number of hydrogen-bond acceptors (Lipinski definition) is 8. The highest BCUT2D eigenvalue weighted by Crippen LogP contribution is 2.37. The monoisotopic (exact) mass is 526 g/mol. The zero-order valence-corrected chi connectivity index (χ0v) is 19.0. The molecular weight excluding hydrogens is 515 g/mol. The fraction of sp³-hybridized carbons (Fsp3) is 0. The first-order valence-electron chi connectivity index (χ1n) is 10.1. The van der Waals surface area contributed by atoms with Crippen molar-refractivity contribution in [2.45, 2.75) is 0 Å². The van der Waals surface area contributed by atoms with Gasteiger partial charge in [-0.25, -0.2) is 14.1 Å². The van der Waals surface area contributed by atoms with Crippen molar-refractivity contribution < 1.29 is 33.4 Å². The molecule has 0 bridgehead atoms. The molecule has 0 unspecified atom stereocenters. The Morgan fingerprint density at radius 3 is 2.24 bits per heavy atom. The van der Waals surface area contributed by atoms with Crippen LogP contribution in [0.4, 0.5) is 26.2 Å². The lowest BCUT2D eigenvalue weighted by molar-refractivity contribution is -0.394. The molecule has 0 aliphatic carbocycles. The third-order valence-electron chi connectivity index (χ3n) is 5.03. The minimum absolute atomic E-state index is 0.00799. The molecule has 1 N–H and O–H groups in total. The average Bonchev–Trinajstić information content (AvgIpc) is 2.84. The Labute approximate surface area is 210 Å². The highest BCUT2D eigenvalue weighted by molar-refractivity contribution is 6.39. The molecule has 4 amide bonds. The van der Waals surface area contributed by atoms with Gasteiger partial charge >= 0.3 is 11.7 Å². The van der Waals surface area contributed by atoms with Crippen LogP contribution >= 0.6 is 11.6 Å². The van der Waals surface area contributed by atoms with Crippen LogP contribution in [0.15, 0.2) is 66.2 Å². The van der Waals surface area contributed by atoms with E-state index in [2.05, 4.69) is 0 Å². The zero-order valence-electron chi connectivity index (χ0n) is 18.2. The maximum atomic E-state index is 13.3. The van der Waals surface area contributed by atoms with Crippen LogP contribution < -0.4 is 15.0 Å². The minimum Gasteiger partial charge on any atom is -0.449 e. The number of nitro groups is 2. The summed E-state index contributed by atoms with van der Waals surface area (Å²) < 4.78 is 18.9. The summed E-state index contributed by atoms with van der Waals surface area (Å²) in [6, 6.07) is 10.0. The van der Waals surface area contributed by atoms with Gasteiger partial charge in [0.05, 0.1) is 21.6 Å². The van der Waals surface area contributed by atoms with Crippen LogP contribution in [0.25, 0.3) is 6.08 Å². The summed E-state index contributed by atoms with van der Waals surface area (Å²) in [7, 11) is 0. The number of benzene rings is 3. The number of amides is 4. The first kappa shape index (κ1) is 24.9. The van der Waals surface area contributed by atoms with Crippen LogP contribution in [0.1, 0.15) is 5.56 Å². The van der Waals surface area contributed by atoms with E-state index in [9.17, 15) is 39.0 Å². The number of barbiturate groups is 1. The Bertz CT molecular complexity index is 1520. The molecular formula is C23H12ClFN4O8. The SMILES string of the molecule is O=C1NC(=O)N(c2ccc(F)cc2)C(=O)/C1=C/c1cc(Cl)ccc1Oc1ccc([N+](=O)[O-])cc1[N+](=O)[O-]. The fourth-order valence-electron chi connectivity index (χ4n) is 3.33. The van der Waals surface area contributed by atoms with Crippen molar-refractivity contribution in [1.82, 2.24) is 5.32 Å². The van der Waals surface area contributed by atoms with Crippen LogP contribution in [0.2, 0.25) is 5.02 Å². The average molecular weight is 527 g/mol. The van der Waals surface area contributed by atoms with Gasteiger partial charge in [0.15, 0.2) is 0 Å². The number of nitrogens with one attached hydrogen (secondary N) is 1. The number of nitrogens with zero attached hydrogens (tertiary/aromatic N) is 3. The van der Waals surface area contributed by atoms with E-state index in [1.165, 1.54) is 30.3 Å². The van der Waals surface area contributed by atoms with E-state index in [1.54, 1.807) is 0 Å². The van der Waals surface area contributed by atoms with Gasteiger partial charge in [-0.1, -0.05) is 11.6 Å². The van der Waals surface area contributed by atoms with Crippen molar-refractivity contribution >= 4 is 52.6 Å². The minimum atomic E-state index is -1.05. The van der Waals surface area contributed by atoms with E-state index in [-0.39, 0.29) is 27.8 Å². The Balaban J connectivity index is 1.76. The molecule has 3 aromatic rings. The fourth-order valence-corrected chi connectivity index (χ4v) is 3.51. The van der Waals surface area contributed by atoms with Gasteiger partial charge in [0, 0.05) is 16.7 Å². The van der Waals surface area contributed by atoms with E-state index in [0.717, 1.165) is 30.3 Å². The number of carbonyl (C=O) groups excluding carboxylic acids is 3. The smallest absolute Gasteiger partial charge is 0.335 e. The van der Waals surface area contributed by atoms with E-state index < -0.39 is 50.5 Å². The summed E-state index contributed by atoms with van der Waals surface area (Å²) in [5.74, 6) is -3.14. The van der Waals surface area contributed by atoms with Crippen molar-refractivity contribution in [3.8, 4) is 11.5 Å². The molecule has 1 aliphatic heterocycles. The highest BCUT2D eigenvalue weighted by atomic mass is 35.5. The lowest BCUT2D eigenvalue weighted by Gasteiger charge is -2.26. The molecule has 0 radical (unpaired) electrons. The van der Waals surface area contributed by atoms with Crippen molar-refractivity contribution in [1.29, 1.82) is 0 Å². The van der Waals surface area contributed by atoms with Gasteiger partial charge in [0.1, 0.15) is 17.1 Å².